The van der Waals surface area contributed by atoms with Crippen molar-refractivity contribution in [3.05, 3.63) is 0 Å². The van der Waals surface area contributed by atoms with Gasteiger partial charge in [-0.05, 0) is 20.8 Å². The molecule has 0 radical (unpaired) electrons. The van der Waals surface area contributed by atoms with Gasteiger partial charge < -0.3 is 29.7 Å². The van der Waals surface area contributed by atoms with E-state index in [0.29, 0.717) is 0 Å². The van der Waals surface area contributed by atoms with Crippen molar-refractivity contribution >= 4 is 21.4 Å². The number of carboxylic acid groups (broad SMARTS) is 3. The molecule has 0 rings (SSSR count). The van der Waals surface area contributed by atoms with Crippen LogP contribution in [0.3, 0.4) is 0 Å². The topological polar surface area (TPSA) is 137 Å². The Morgan fingerprint density at radius 2 is 0.688 bits per heavy atom. The number of rotatable bonds is 0. The number of carboxylic acids is 3. The summed E-state index contributed by atoms with van der Waals surface area (Å²) >= 11 is 0.998. The van der Waals surface area contributed by atoms with Gasteiger partial charge in [-0.3, -0.25) is 0 Å². The second kappa shape index (κ2) is 19.5. The Balaban J connectivity index is -0.0000000600. The molecule has 0 fully saturated rings. The summed E-state index contributed by atoms with van der Waals surface area (Å²) in [4.78, 5) is 36.2. The normalized spacial score (nSPS) is 6.38. The van der Waals surface area contributed by atoms with Gasteiger partial charge in [0.25, 0.3) is 0 Å². The summed E-state index contributed by atoms with van der Waals surface area (Å²) in [6.07, 6.45) is 0. The Kier molecular flexibility index (Phi) is 29.6. The molecule has 0 atom stereocenters. The molecule has 0 amide bonds. The third-order valence-electron chi connectivity index (χ3n) is 0. The van der Waals surface area contributed by atoms with Gasteiger partial charge in [0.05, 0.1) is 0 Å². The summed E-state index contributed by atoms with van der Waals surface area (Å²) < 4.78 is 0.257. The second-order valence-electron chi connectivity index (χ2n) is 2.03. The van der Waals surface area contributed by atoms with Crippen LogP contribution in [-0.2, 0) is 43.9 Å². The zero-order chi connectivity index (χ0) is 14.3. The number of hydrogen-bond acceptors (Lipinski definition) is 7. The van der Waals surface area contributed by atoms with E-state index < -0.39 is 17.9 Å². The quantitative estimate of drug-likeness (QED) is 0.449. The molecule has 0 N–H and O–H groups in total. The van der Waals surface area contributed by atoms with Gasteiger partial charge in [0.1, 0.15) is 0 Å². The monoisotopic (exact) mass is 310 g/mol. The summed E-state index contributed by atoms with van der Waals surface area (Å²) in [6, 6.07) is 0. The molecule has 0 aromatic heterocycles. The minimum absolute atomic E-state index is 0.257. The first-order valence-corrected chi connectivity index (χ1v) is 4.91. The van der Waals surface area contributed by atoms with E-state index in [1.807, 2.05) is 0 Å². The zero-order valence-electron chi connectivity index (χ0n) is 9.36. The van der Waals surface area contributed by atoms with Crippen LogP contribution in [0.1, 0.15) is 27.7 Å². The molecular formula is C8H12O7Zr. The Hall–Kier alpha value is -1.04. The first kappa shape index (κ1) is 24.3. The fourth-order valence-electron chi connectivity index (χ4n) is 0. The van der Waals surface area contributed by atoms with Crippen molar-refractivity contribution in [3.8, 4) is 0 Å². The van der Waals surface area contributed by atoms with E-state index in [4.69, 9.17) is 29.7 Å². The molecule has 0 saturated heterocycles. The number of carbonyl (C=O) groups excluding carboxylic acids is 4. The first-order chi connectivity index (χ1) is 6.93. The van der Waals surface area contributed by atoms with Crippen molar-refractivity contribution in [2.75, 3.05) is 0 Å². The molecule has 0 spiro atoms. The molecule has 7 nitrogen and oxygen atoms in total. The van der Waals surface area contributed by atoms with Gasteiger partial charge >= 0.3 is 39.9 Å². The molecule has 0 bridgehead atoms. The number of hydrogen-bond donors (Lipinski definition) is 0. The maximum atomic E-state index is 9.48. The molecule has 16 heavy (non-hydrogen) atoms. The van der Waals surface area contributed by atoms with Gasteiger partial charge in [-0.2, -0.15) is 0 Å². The molecular weight excluding hydrogens is 299 g/mol. The van der Waals surface area contributed by atoms with Crippen molar-refractivity contribution in [2.24, 2.45) is 0 Å². The van der Waals surface area contributed by atoms with Crippen LogP contribution in [0.5, 0.6) is 0 Å². The summed E-state index contributed by atoms with van der Waals surface area (Å²) in [7, 11) is 0. The summed E-state index contributed by atoms with van der Waals surface area (Å²) in [5.41, 5.74) is 0. The average Bonchev–Trinajstić information content (AvgIpc) is 1.76. The molecule has 0 saturated carbocycles. The zero-order valence-corrected chi connectivity index (χ0v) is 11.8. The third-order valence-corrected chi connectivity index (χ3v) is 0. The van der Waals surface area contributed by atoms with Crippen LogP contribution in [0.2, 0.25) is 0 Å². The van der Waals surface area contributed by atoms with Crippen LogP contribution in [0, 0.1) is 0 Å². The first-order valence-electron chi connectivity index (χ1n) is 3.68. The number of aliphatic carboxylic acids is 3. The van der Waals surface area contributed by atoms with Gasteiger partial charge in [0, 0.05) is 17.9 Å². The Morgan fingerprint density at radius 1 is 0.688 bits per heavy atom. The predicted octanol–water partition coefficient (Wildman–Crippen LogP) is -3.65. The average molecular weight is 311 g/mol. The SMILES string of the molecule is CC(=O)[O-].CC(=O)[O-].CC(=O)[O-].C[C](=O)[Zr+3]. The Bertz CT molecular complexity index is 160. The van der Waals surface area contributed by atoms with Gasteiger partial charge in [0.2, 0.25) is 0 Å². The van der Waals surface area contributed by atoms with E-state index in [0.717, 1.165) is 45.5 Å². The van der Waals surface area contributed by atoms with Crippen molar-refractivity contribution in [2.45, 2.75) is 27.7 Å². The summed E-state index contributed by atoms with van der Waals surface area (Å²) in [5, 5.41) is 26.7. The van der Waals surface area contributed by atoms with Crippen LogP contribution in [-0.4, -0.2) is 21.4 Å². The van der Waals surface area contributed by atoms with Gasteiger partial charge in [-0.1, -0.05) is 0 Å². The molecule has 0 aromatic carbocycles. The fourth-order valence-corrected chi connectivity index (χ4v) is 0. The molecule has 90 valence electrons. The van der Waals surface area contributed by atoms with Crippen LogP contribution in [0.25, 0.3) is 0 Å². The number of carbonyl (C=O) groups is 4. The Labute approximate surface area is 108 Å². The molecule has 0 aliphatic heterocycles. The van der Waals surface area contributed by atoms with Crippen molar-refractivity contribution in [3.63, 3.8) is 0 Å². The Morgan fingerprint density at radius 3 is 0.688 bits per heavy atom. The minimum atomic E-state index is -1.08. The van der Waals surface area contributed by atoms with Crippen LogP contribution < -0.4 is 15.3 Å². The van der Waals surface area contributed by atoms with E-state index in [1.54, 1.807) is 6.92 Å². The predicted molar refractivity (Wildman–Crippen MR) is 42.7 cm³/mol. The fraction of sp³-hybridized carbons (Fsp3) is 0.500. The van der Waals surface area contributed by atoms with E-state index in [1.165, 1.54) is 0 Å². The molecule has 0 aliphatic carbocycles. The van der Waals surface area contributed by atoms with Crippen molar-refractivity contribution in [1.82, 2.24) is 0 Å². The van der Waals surface area contributed by atoms with Crippen LogP contribution in [0.4, 0.5) is 0 Å². The summed E-state index contributed by atoms with van der Waals surface area (Å²) in [6.45, 7) is 4.48. The van der Waals surface area contributed by atoms with E-state index in [-0.39, 0.29) is 3.49 Å². The second-order valence-corrected chi connectivity index (χ2v) is 3.76. The molecule has 8 heteroatoms. The van der Waals surface area contributed by atoms with Gasteiger partial charge in [0.15, 0.2) is 0 Å². The maximum absolute atomic E-state index is 9.48. The van der Waals surface area contributed by atoms with Crippen LogP contribution in [0.15, 0.2) is 0 Å². The van der Waals surface area contributed by atoms with E-state index in [2.05, 4.69) is 0 Å². The third kappa shape index (κ3) is 1730. The van der Waals surface area contributed by atoms with Gasteiger partial charge in [-0.15, -0.1) is 0 Å². The van der Waals surface area contributed by atoms with Crippen LogP contribution >= 0.6 is 0 Å². The summed E-state index contributed by atoms with van der Waals surface area (Å²) in [5.74, 6) is -3.25. The van der Waals surface area contributed by atoms with Crippen molar-refractivity contribution < 1.29 is 59.2 Å². The standard InChI is InChI=1S/3C2H4O2.C2H3O.Zr/c3*1-2(3)4;1-2-3;/h3*1H3,(H,3,4);1H3;/q;;;;+3/p-3. The molecule has 0 aromatic rings. The molecule has 0 heterocycles. The van der Waals surface area contributed by atoms with Gasteiger partial charge in [-0.25, -0.2) is 0 Å². The van der Waals surface area contributed by atoms with E-state index >= 15 is 0 Å². The molecule has 0 unspecified atom stereocenters. The molecule has 0 aliphatic rings. The van der Waals surface area contributed by atoms with Crippen molar-refractivity contribution in [1.29, 1.82) is 0 Å². The van der Waals surface area contributed by atoms with E-state index in [9.17, 15) is 4.79 Å².